The number of fused-ring (bicyclic) bond motifs is 16. The van der Waals surface area contributed by atoms with E-state index in [0.29, 0.717) is 0 Å². The molecule has 19 nitrogen and oxygen atoms in total. The van der Waals surface area contributed by atoms with E-state index >= 15 is 0 Å². The number of oxazole rings is 6. The summed E-state index contributed by atoms with van der Waals surface area (Å²) in [5.74, 6) is -0.918. The van der Waals surface area contributed by atoms with Crippen LogP contribution in [-0.2, 0) is 4.74 Å². The van der Waals surface area contributed by atoms with E-state index in [9.17, 15) is 14.4 Å². The predicted octanol–water partition coefficient (Wildman–Crippen LogP) is 5.11. The van der Waals surface area contributed by atoms with Crippen LogP contribution in [0.3, 0.4) is 0 Å². The Labute approximate surface area is 287 Å². The first-order chi connectivity index (χ1) is 24.4. The molecule has 264 valence electrons. The first-order valence-electron chi connectivity index (χ1n) is 15.7. The molecule has 0 saturated heterocycles. The summed E-state index contributed by atoms with van der Waals surface area (Å²) in [5.41, 5.74) is -0.0185. The molecule has 1 aliphatic rings. The van der Waals surface area contributed by atoms with Gasteiger partial charge < -0.3 is 47.2 Å². The molecule has 3 amide bonds. The maximum atomic E-state index is 13.4. The van der Waals surface area contributed by atoms with Crippen molar-refractivity contribution < 1.29 is 45.6 Å². The van der Waals surface area contributed by atoms with Crippen LogP contribution >= 0.6 is 0 Å². The Bertz CT molecular complexity index is 2190. The minimum atomic E-state index is -0.871. The molecule has 0 unspecified atom stereocenters. The Morgan fingerprint density at radius 1 is 0.686 bits per heavy atom. The van der Waals surface area contributed by atoms with E-state index < -0.39 is 35.6 Å². The number of amides is 3. The average Bonchev–Trinajstić information content (AvgIpc) is 3.92. The summed E-state index contributed by atoms with van der Waals surface area (Å²) < 4.78 is 39.1. The fraction of sp³-hybridized carbons (Fsp3) is 0.344. The standard InChI is InChI=1S/C32H31N9O10/c1-14(2)22-30-40-21(13-50-30)29-39-18(12-49-29)26-35-16(8-45-26)23(42)34-15(6-7-33-31(44)51-32(3,4)5)25-37-20(10-47-25)28-38-19(11-48-28)27-36-17(9-46-27)24(43)41-22/h8-15,22H,6-7H2,1-5H3,(H,33,44)(H,34,42)(H,41,43)/t15-,22-/m0/s1. The highest BCUT2D eigenvalue weighted by molar-refractivity contribution is 5.93. The van der Waals surface area contributed by atoms with Crippen molar-refractivity contribution in [2.24, 2.45) is 5.92 Å². The van der Waals surface area contributed by atoms with Gasteiger partial charge in [0.25, 0.3) is 11.8 Å². The zero-order valence-corrected chi connectivity index (χ0v) is 27.9. The number of carbonyl (C=O) groups is 3. The van der Waals surface area contributed by atoms with Crippen LogP contribution in [0, 0.1) is 5.92 Å². The Kier molecular flexibility index (Phi) is 8.45. The lowest BCUT2D eigenvalue weighted by Crippen LogP contribution is -2.36. The summed E-state index contributed by atoms with van der Waals surface area (Å²) in [5, 5.41) is 8.33. The second-order valence-corrected chi connectivity index (χ2v) is 12.7. The van der Waals surface area contributed by atoms with Crippen molar-refractivity contribution in [1.82, 2.24) is 45.9 Å². The molecule has 0 aromatic carbocycles. The van der Waals surface area contributed by atoms with E-state index in [4.69, 9.17) is 31.2 Å². The maximum Gasteiger partial charge on any atom is 0.407 e. The van der Waals surface area contributed by atoms with Crippen LogP contribution in [0.4, 0.5) is 4.79 Å². The van der Waals surface area contributed by atoms with Gasteiger partial charge in [0.2, 0.25) is 35.3 Å². The highest BCUT2D eigenvalue weighted by Gasteiger charge is 2.29. The third-order valence-electron chi connectivity index (χ3n) is 7.33. The molecule has 19 heteroatoms. The van der Waals surface area contributed by atoms with Crippen LogP contribution in [0.2, 0.25) is 0 Å². The lowest BCUT2D eigenvalue weighted by Gasteiger charge is -2.20. The number of aromatic nitrogens is 6. The molecular weight excluding hydrogens is 670 g/mol. The summed E-state index contributed by atoms with van der Waals surface area (Å²) >= 11 is 0. The Balaban J connectivity index is 1.22. The SMILES string of the molecule is CC(C)[C@@H]1NC(=O)c2coc(n2)-c2coc(n2)-c2coc(n2)[C@H](CCNC(=O)OC(C)(C)C)NC(=O)c2coc(n2)-c2coc(n2)-c2coc1n2. The van der Waals surface area contributed by atoms with E-state index in [-0.39, 0.29) is 88.4 Å². The first kappa shape index (κ1) is 33.0. The molecular formula is C32H31N9O10. The molecule has 0 saturated carbocycles. The second kappa shape index (κ2) is 13.1. The van der Waals surface area contributed by atoms with Gasteiger partial charge in [0, 0.05) is 6.54 Å². The van der Waals surface area contributed by atoms with Gasteiger partial charge in [-0.2, -0.15) is 0 Å². The molecule has 0 fully saturated rings. The summed E-state index contributed by atoms with van der Waals surface area (Å²) in [6.45, 7) is 9.07. The monoisotopic (exact) mass is 701 g/mol. The molecule has 51 heavy (non-hydrogen) atoms. The van der Waals surface area contributed by atoms with Gasteiger partial charge in [-0.05, 0) is 33.1 Å². The molecule has 0 spiro atoms. The van der Waals surface area contributed by atoms with Gasteiger partial charge in [-0.1, -0.05) is 13.8 Å². The number of rotatable bonds is 4. The van der Waals surface area contributed by atoms with E-state index in [1.54, 1.807) is 20.8 Å². The van der Waals surface area contributed by atoms with Gasteiger partial charge >= 0.3 is 6.09 Å². The van der Waals surface area contributed by atoms with Crippen molar-refractivity contribution in [3.8, 4) is 46.3 Å². The topological polar surface area (TPSA) is 253 Å². The third-order valence-corrected chi connectivity index (χ3v) is 7.33. The number of nitrogens with zero attached hydrogens (tertiary/aromatic N) is 6. The molecule has 0 aliphatic carbocycles. The zero-order valence-electron chi connectivity index (χ0n) is 27.9. The summed E-state index contributed by atoms with van der Waals surface area (Å²) in [4.78, 5) is 65.2. The number of carbonyl (C=O) groups excluding carboxylic acids is 3. The zero-order chi connectivity index (χ0) is 35.9. The van der Waals surface area contributed by atoms with Crippen LogP contribution in [-0.4, -0.2) is 60.0 Å². The molecule has 2 atom stereocenters. The quantitative estimate of drug-likeness (QED) is 0.216. The fourth-order valence-electron chi connectivity index (χ4n) is 4.90. The van der Waals surface area contributed by atoms with Crippen LogP contribution in [0.5, 0.6) is 0 Å². The number of nitrogens with one attached hydrogen (secondary N) is 3. The van der Waals surface area contributed by atoms with Gasteiger partial charge in [-0.3, -0.25) is 9.59 Å². The van der Waals surface area contributed by atoms with Gasteiger partial charge in [0.15, 0.2) is 34.2 Å². The van der Waals surface area contributed by atoms with Crippen molar-refractivity contribution >= 4 is 17.9 Å². The predicted molar refractivity (Wildman–Crippen MR) is 169 cm³/mol. The molecule has 7 heterocycles. The van der Waals surface area contributed by atoms with Gasteiger partial charge in [-0.25, -0.2) is 34.7 Å². The molecule has 7 rings (SSSR count). The van der Waals surface area contributed by atoms with Crippen LogP contribution < -0.4 is 16.0 Å². The average molecular weight is 702 g/mol. The van der Waals surface area contributed by atoms with Crippen molar-refractivity contribution in [3.63, 3.8) is 0 Å². The van der Waals surface area contributed by atoms with Crippen molar-refractivity contribution in [3.05, 3.63) is 60.7 Å². The summed E-state index contributed by atoms with van der Waals surface area (Å²) in [6.07, 6.45) is 7.04. The highest BCUT2D eigenvalue weighted by atomic mass is 16.6. The van der Waals surface area contributed by atoms with E-state index in [2.05, 4.69) is 45.9 Å². The smallest absolute Gasteiger partial charge is 0.407 e. The minimum Gasteiger partial charge on any atom is -0.446 e. The maximum absolute atomic E-state index is 13.4. The number of hydrogen-bond acceptors (Lipinski definition) is 16. The third kappa shape index (κ3) is 7.12. The molecule has 1 aliphatic heterocycles. The second-order valence-electron chi connectivity index (χ2n) is 12.7. The highest BCUT2D eigenvalue weighted by Crippen LogP contribution is 2.30. The minimum absolute atomic E-state index is 0.00567. The van der Waals surface area contributed by atoms with Crippen molar-refractivity contribution in [1.29, 1.82) is 0 Å². The van der Waals surface area contributed by atoms with Crippen LogP contribution in [0.15, 0.2) is 64.1 Å². The van der Waals surface area contributed by atoms with E-state index in [1.165, 1.54) is 31.3 Å². The summed E-state index contributed by atoms with van der Waals surface area (Å²) in [7, 11) is 0. The summed E-state index contributed by atoms with van der Waals surface area (Å²) in [6, 6.07) is -1.53. The molecule has 6 aromatic heterocycles. The Hall–Kier alpha value is -6.53. The molecule has 3 N–H and O–H groups in total. The lowest BCUT2D eigenvalue weighted by molar-refractivity contribution is 0.0525. The molecule has 12 bridgehead atoms. The van der Waals surface area contributed by atoms with Crippen LogP contribution in [0.25, 0.3) is 46.3 Å². The molecule has 0 radical (unpaired) electrons. The number of alkyl carbamates (subject to hydrolysis) is 1. The Morgan fingerprint density at radius 3 is 1.65 bits per heavy atom. The van der Waals surface area contributed by atoms with Gasteiger partial charge in [0.05, 0.1) is 0 Å². The van der Waals surface area contributed by atoms with Crippen LogP contribution in [0.1, 0.15) is 85.9 Å². The Morgan fingerprint density at radius 2 is 1.12 bits per heavy atom. The van der Waals surface area contributed by atoms with E-state index in [1.807, 2.05) is 13.8 Å². The largest absolute Gasteiger partial charge is 0.446 e. The fourth-order valence-corrected chi connectivity index (χ4v) is 4.90. The number of hydrogen-bond donors (Lipinski definition) is 3. The van der Waals surface area contributed by atoms with Gasteiger partial charge in [0.1, 0.15) is 55.3 Å². The number of ether oxygens (including phenoxy) is 1. The van der Waals surface area contributed by atoms with Gasteiger partial charge in [-0.15, -0.1) is 0 Å². The first-order valence-corrected chi connectivity index (χ1v) is 15.7. The van der Waals surface area contributed by atoms with E-state index in [0.717, 1.165) is 6.26 Å². The van der Waals surface area contributed by atoms with Crippen molar-refractivity contribution in [2.75, 3.05) is 6.54 Å². The molecule has 6 aromatic rings. The lowest BCUT2D eigenvalue weighted by atomic mass is 10.0. The van der Waals surface area contributed by atoms with Crippen molar-refractivity contribution in [2.45, 2.75) is 58.7 Å². The normalized spacial score (nSPS) is 16.4.